The zero-order chi connectivity index (χ0) is 22.0. The molecule has 0 saturated carbocycles. The van der Waals surface area contributed by atoms with E-state index in [1.165, 1.54) is 0 Å². The molecule has 1 saturated heterocycles. The zero-order valence-corrected chi connectivity index (χ0v) is 19.3. The van der Waals surface area contributed by atoms with E-state index in [4.69, 9.17) is 11.6 Å². The van der Waals surface area contributed by atoms with E-state index in [1.54, 1.807) is 17.5 Å². The van der Waals surface area contributed by atoms with Gasteiger partial charge in [0.1, 0.15) is 5.69 Å². The average molecular weight is 457 g/mol. The van der Waals surface area contributed by atoms with E-state index in [2.05, 4.69) is 25.6 Å². The molecule has 1 aliphatic heterocycles. The molecule has 9 heteroatoms. The van der Waals surface area contributed by atoms with Gasteiger partial charge < -0.3 is 15.5 Å². The van der Waals surface area contributed by atoms with Crippen LogP contribution in [0.15, 0.2) is 30.5 Å². The lowest BCUT2D eigenvalue weighted by Gasteiger charge is -2.32. The summed E-state index contributed by atoms with van der Waals surface area (Å²) in [7, 11) is 1.86. The van der Waals surface area contributed by atoms with Crippen molar-refractivity contribution in [2.45, 2.75) is 32.7 Å². The first kappa shape index (κ1) is 21.5. The van der Waals surface area contributed by atoms with Crippen molar-refractivity contribution in [3.8, 4) is 10.6 Å². The Morgan fingerprint density at radius 3 is 2.48 bits per heavy atom. The minimum absolute atomic E-state index is 0.0715. The Morgan fingerprint density at radius 2 is 1.87 bits per heavy atom. The monoisotopic (exact) mass is 456 g/mol. The van der Waals surface area contributed by atoms with Crippen molar-refractivity contribution in [2.75, 3.05) is 30.8 Å². The Kier molecular flexibility index (Phi) is 6.38. The van der Waals surface area contributed by atoms with E-state index in [-0.39, 0.29) is 11.9 Å². The highest BCUT2D eigenvalue weighted by Crippen LogP contribution is 2.33. The fraction of sp³-hybridized carbons (Fsp3) is 0.364. The number of carbonyl (C=O) groups excluding carboxylic acids is 1. The summed E-state index contributed by atoms with van der Waals surface area (Å²) in [5.41, 5.74) is 3.33. The average Bonchev–Trinajstić information content (AvgIpc) is 3.13. The molecule has 0 aliphatic carbocycles. The summed E-state index contributed by atoms with van der Waals surface area (Å²) < 4.78 is 0. The lowest BCUT2D eigenvalue weighted by Crippen LogP contribution is -2.42. The maximum atomic E-state index is 12.8. The fourth-order valence-corrected chi connectivity index (χ4v) is 4.88. The van der Waals surface area contributed by atoms with E-state index in [0.29, 0.717) is 35.3 Å². The molecule has 0 bridgehead atoms. The predicted molar refractivity (Wildman–Crippen MR) is 126 cm³/mol. The van der Waals surface area contributed by atoms with Gasteiger partial charge in [-0.1, -0.05) is 11.6 Å². The number of amides is 1. The van der Waals surface area contributed by atoms with Crippen LogP contribution in [0.2, 0.25) is 5.02 Å². The summed E-state index contributed by atoms with van der Waals surface area (Å²) in [6.07, 6.45) is 3.30. The van der Waals surface area contributed by atoms with Crippen molar-refractivity contribution in [1.29, 1.82) is 0 Å². The molecule has 2 aromatic heterocycles. The Balaban J connectivity index is 1.39. The highest BCUT2D eigenvalue weighted by atomic mass is 35.5. The number of rotatable bonds is 5. The van der Waals surface area contributed by atoms with Crippen LogP contribution in [0.4, 0.5) is 11.6 Å². The van der Waals surface area contributed by atoms with E-state index < -0.39 is 0 Å². The van der Waals surface area contributed by atoms with Crippen LogP contribution in [0, 0.1) is 13.8 Å². The van der Waals surface area contributed by atoms with Crippen LogP contribution >= 0.6 is 22.9 Å². The van der Waals surface area contributed by atoms with E-state index >= 15 is 0 Å². The number of hydrogen-bond donors (Lipinski definition) is 2. The quantitative estimate of drug-likeness (QED) is 0.582. The van der Waals surface area contributed by atoms with Crippen molar-refractivity contribution in [3.63, 3.8) is 0 Å². The lowest BCUT2D eigenvalue weighted by atomic mass is 10.0. The van der Waals surface area contributed by atoms with Crippen molar-refractivity contribution in [1.82, 2.24) is 19.9 Å². The molecule has 0 unspecified atom stereocenters. The molecule has 2 N–H and O–H groups in total. The van der Waals surface area contributed by atoms with Crippen LogP contribution in [-0.4, -0.2) is 51.9 Å². The molecular weight excluding hydrogens is 432 g/mol. The van der Waals surface area contributed by atoms with E-state index in [1.807, 2.05) is 50.1 Å². The van der Waals surface area contributed by atoms with Gasteiger partial charge in [-0.05, 0) is 51.0 Å². The number of halogens is 1. The van der Waals surface area contributed by atoms with E-state index in [9.17, 15) is 4.79 Å². The Labute approximate surface area is 190 Å². The molecule has 0 spiro atoms. The van der Waals surface area contributed by atoms with Gasteiger partial charge >= 0.3 is 0 Å². The minimum atomic E-state index is 0.0715. The predicted octanol–water partition coefficient (Wildman–Crippen LogP) is 4.63. The normalized spacial score (nSPS) is 14.5. The third kappa shape index (κ3) is 4.80. The van der Waals surface area contributed by atoms with Gasteiger partial charge in [0.05, 0.1) is 26.8 Å². The lowest BCUT2D eigenvalue weighted by molar-refractivity contribution is 0.0718. The van der Waals surface area contributed by atoms with Crippen molar-refractivity contribution < 1.29 is 4.79 Å². The topological polar surface area (TPSA) is 83.0 Å². The molecule has 162 valence electrons. The summed E-state index contributed by atoms with van der Waals surface area (Å²) in [5, 5.41) is 7.98. The zero-order valence-electron chi connectivity index (χ0n) is 17.8. The fourth-order valence-electron chi connectivity index (χ4n) is 3.72. The standard InChI is InChI=1S/C22H25ClN6OS/c1-13-20(31-14(2)26-13)19-18(23)12-25-22(28-19)27-17-8-10-29(11-9-17)21(30)15-4-6-16(24-3)7-5-15/h4-7,12,17,24H,8-11H2,1-3H3,(H,25,27,28). The second kappa shape index (κ2) is 9.20. The van der Waals surface area contributed by atoms with E-state index in [0.717, 1.165) is 34.1 Å². The minimum Gasteiger partial charge on any atom is -0.388 e. The summed E-state index contributed by atoms with van der Waals surface area (Å²) in [4.78, 5) is 29.1. The van der Waals surface area contributed by atoms with Crippen LogP contribution < -0.4 is 10.6 Å². The van der Waals surface area contributed by atoms with Gasteiger partial charge in [0.2, 0.25) is 5.95 Å². The maximum Gasteiger partial charge on any atom is 0.253 e. The molecule has 4 rings (SSSR count). The number of piperidine rings is 1. The molecule has 0 radical (unpaired) electrons. The molecule has 0 atom stereocenters. The second-order valence-electron chi connectivity index (χ2n) is 7.58. The summed E-state index contributed by atoms with van der Waals surface area (Å²) in [6, 6.07) is 7.77. The van der Waals surface area contributed by atoms with Gasteiger partial charge in [-0.15, -0.1) is 11.3 Å². The molecule has 3 aromatic rings. The summed E-state index contributed by atoms with van der Waals surface area (Å²) in [5.74, 6) is 0.624. The third-order valence-electron chi connectivity index (χ3n) is 5.40. The Hall–Kier alpha value is -2.71. The number of nitrogens with one attached hydrogen (secondary N) is 2. The van der Waals surface area contributed by atoms with Crippen LogP contribution in [0.5, 0.6) is 0 Å². The maximum absolute atomic E-state index is 12.8. The number of aryl methyl sites for hydroxylation is 2. The number of likely N-dealkylation sites (tertiary alicyclic amines) is 1. The van der Waals surface area contributed by atoms with Gasteiger partial charge in [0.15, 0.2) is 0 Å². The number of benzene rings is 1. The van der Waals surface area contributed by atoms with Gasteiger partial charge in [-0.25, -0.2) is 15.0 Å². The summed E-state index contributed by atoms with van der Waals surface area (Å²) in [6.45, 7) is 5.32. The van der Waals surface area contributed by atoms with Crippen LogP contribution in [0.25, 0.3) is 10.6 Å². The SMILES string of the molecule is CNc1ccc(C(=O)N2CCC(Nc3ncc(Cl)c(-c4sc(C)nc4C)n3)CC2)cc1. The number of thiazole rings is 1. The number of hydrogen-bond acceptors (Lipinski definition) is 7. The van der Waals surface area contributed by atoms with Crippen LogP contribution in [-0.2, 0) is 0 Å². The van der Waals surface area contributed by atoms with Crippen LogP contribution in [0.3, 0.4) is 0 Å². The smallest absolute Gasteiger partial charge is 0.253 e. The van der Waals surface area contributed by atoms with Crippen molar-refractivity contribution >= 4 is 40.5 Å². The molecule has 1 amide bonds. The first-order valence-corrected chi connectivity index (χ1v) is 11.4. The molecule has 1 aromatic carbocycles. The molecule has 31 heavy (non-hydrogen) atoms. The number of anilines is 2. The highest BCUT2D eigenvalue weighted by Gasteiger charge is 2.24. The van der Waals surface area contributed by atoms with Crippen molar-refractivity contribution in [2.24, 2.45) is 0 Å². The molecule has 7 nitrogen and oxygen atoms in total. The first-order valence-electron chi connectivity index (χ1n) is 10.2. The van der Waals surface area contributed by atoms with Gasteiger partial charge in [0.25, 0.3) is 5.91 Å². The highest BCUT2D eigenvalue weighted by molar-refractivity contribution is 7.15. The molecular formula is C22H25ClN6OS. The Bertz CT molecular complexity index is 1080. The van der Waals surface area contributed by atoms with Gasteiger partial charge in [0, 0.05) is 37.4 Å². The van der Waals surface area contributed by atoms with Gasteiger partial charge in [-0.3, -0.25) is 4.79 Å². The van der Waals surface area contributed by atoms with Crippen LogP contribution in [0.1, 0.15) is 33.9 Å². The second-order valence-corrected chi connectivity index (χ2v) is 9.19. The molecule has 1 aliphatic rings. The Morgan fingerprint density at radius 1 is 1.16 bits per heavy atom. The van der Waals surface area contributed by atoms with Gasteiger partial charge in [-0.2, -0.15) is 0 Å². The number of carbonyl (C=O) groups is 1. The molecule has 3 heterocycles. The number of nitrogens with zero attached hydrogens (tertiary/aromatic N) is 4. The van der Waals surface area contributed by atoms with Crippen molar-refractivity contribution in [3.05, 3.63) is 51.7 Å². The summed E-state index contributed by atoms with van der Waals surface area (Å²) >= 11 is 7.94. The largest absolute Gasteiger partial charge is 0.388 e. The first-order chi connectivity index (χ1) is 14.9. The molecule has 1 fully saturated rings. The number of aromatic nitrogens is 3. The third-order valence-corrected chi connectivity index (χ3v) is 6.75.